The van der Waals surface area contributed by atoms with Gasteiger partial charge in [0, 0.05) is 49.9 Å². The summed E-state index contributed by atoms with van der Waals surface area (Å²) in [5, 5.41) is 18.2. The molecule has 0 amide bonds. The van der Waals surface area contributed by atoms with Crippen molar-refractivity contribution in [2.75, 3.05) is 6.54 Å². The van der Waals surface area contributed by atoms with Crippen LogP contribution in [0.2, 0.25) is 0 Å². The first-order valence-corrected chi connectivity index (χ1v) is 8.02. The van der Waals surface area contributed by atoms with Crippen LogP contribution < -0.4 is 5.32 Å². The summed E-state index contributed by atoms with van der Waals surface area (Å²) in [5.41, 5.74) is 5.15. The second-order valence-corrected chi connectivity index (χ2v) is 5.92. The molecule has 0 aliphatic carbocycles. The molecule has 0 bridgehead atoms. The molecule has 0 radical (unpaired) electrons. The summed E-state index contributed by atoms with van der Waals surface area (Å²) < 4.78 is 1.81. The van der Waals surface area contributed by atoms with Crippen LogP contribution in [-0.4, -0.2) is 26.4 Å². The fourth-order valence-electron chi connectivity index (χ4n) is 2.83. The van der Waals surface area contributed by atoms with Crippen molar-refractivity contribution in [2.45, 2.75) is 19.6 Å². The predicted octanol–water partition coefficient (Wildman–Crippen LogP) is 2.61. The second kappa shape index (κ2) is 7.38. The van der Waals surface area contributed by atoms with Gasteiger partial charge in [0.2, 0.25) is 0 Å². The van der Waals surface area contributed by atoms with Crippen molar-refractivity contribution in [1.82, 2.24) is 20.1 Å². The lowest BCUT2D eigenvalue weighted by atomic mass is 10.0. The summed E-state index contributed by atoms with van der Waals surface area (Å²) in [5.74, 6) is 0. The van der Waals surface area contributed by atoms with Crippen LogP contribution in [0.4, 0.5) is 0 Å². The van der Waals surface area contributed by atoms with Gasteiger partial charge in [0.05, 0.1) is 11.8 Å². The maximum atomic E-state index is 10.4. The lowest BCUT2D eigenvalue weighted by Gasteiger charge is -2.14. The van der Waals surface area contributed by atoms with Crippen LogP contribution >= 0.6 is 0 Å². The number of rotatable bonds is 6. The number of nitrogens with one attached hydrogen (secondary N) is 1. The van der Waals surface area contributed by atoms with Crippen molar-refractivity contribution in [3.8, 4) is 11.3 Å². The second-order valence-electron chi connectivity index (χ2n) is 5.92. The smallest absolute Gasteiger partial charge is 0.0969 e. The van der Waals surface area contributed by atoms with Crippen LogP contribution in [0.5, 0.6) is 0 Å². The monoisotopic (exact) mass is 322 g/mol. The standard InChI is InChI=1S/C19H22N4O/c1-14-5-3-4-6-17(14)18(24)12-21-11-16-13-23(2)22-19(16)15-7-9-20-10-8-15/h3-10,13,18,21,24H,11-12H2,1-2H3. The highest BCUT2D eigenvalue weighted by atomic mass is 16.3. The molecule has 0 saturated heterocycles. The molecular weight excluding hydrogens is 300 g/mol. The highest BCUT2D eigenvalue weighted by molar-refractivity contribution is 5.61. The number of benzene rings is 1. The maximum Gasteiger partial charge on any atom is 0.0969 e. The lowest BCUT2D eigenvalue weighted by molar-refractivity contribution is 0.173. The number of aliphatic hydroxyl groups excluding tert-OH is 1. The first-order chi connectivity index (χ1) is 11.6. The van der Waals surface area contributed by atoms with Crippen LogP contribution in [0, 0.1) is 6.92 Å². The van der Waals surface area contributed by atoms with Crippen LogP contribution in [0.1, 0.15) is 22.8 Å². The molecule has 2 heterocycles. The number of aromatic nitrogens is 3. The van der Waals surface area contributed by atoms with E-state index in [1.54, 1.807) is 12.4 Å². The minimum absolute atomic E-state index is 0.496. The molecule has 1 unspecified atom stereocenters. The van der Waals surface area contributed by atoms with E-state index in [2.05, 4.69) is 15.4 Å². The Balaban J connectivity index is 1.67. The van der Waals surface area contributed by atoms with Gasteiger partial charge in [-0.05, 0) is 30.2 Å². The van der Waals surface area contributed by atoms with Gasteiger partial charge in [-0.15, -0.1) is 0 Å². The number of aryl methyl sites for hydroxylation is 2. The number of hydrogen-bond acceptors (Lipinski definition) is 4. The summed E-state index contributed by atoms with van der Waals surface area (Å²) in [4.78, 5) is 4.05. The molecule has 0 spiro atoms. The van der Waals surface area contributed by atoms with Crippen LogP contribution in [0.15, 0.2) is 55.0 Å². The average Bonchev–Trinajstić information content (AvgIpc) is 2.97. The Morgan fingerprint density at radius 2 is 1.92 bits per heavy atom. The van der Waals surface area contributed by atoms with E-state index in [9.17, 15) is 5.11 Å². The molecule has 2 N–H and O–H groups in total. The van der Waals surface area contributed by atoms with Crippen LogP contribution in [0.3, 0.4) is 0 Å². The number of hydrogen-bond donors (Lipinski definition) is 2. The Morgan fingerprint density at radius 1 is 1.17 bits per heavy atom. The van der Waals surface area contributed by atoms with Gasteiger partial charge in [-0.1, -0.05) is 24.3 Å². The number of pyridine rings is 1. The Bertz CT molecular complexity index is 798. The zero-order valence-electron chi connectivity index (χ0n) is 14.0. The van der Waals surface area contributed by atoms with Crippen molar-refractivity contribution in [3.05, 3.63) is 71.7 Å². The van der Waals surface area contributed by atoms with Crippen molar-refractivity contribution in [1.29, 1.82) is 0 Å². The van der Waals surface area contributed by atoms with E-state index >= 15 is 0 Å². The molecule has 3 rings (SSSR count). The molecule has 0 saturated carbocycles. The summed E-state index contributed by atoms with van der Waals surface area (Å²) in [7, 11) is 1.91. The van der Waals surface area contributed by atoms with Crippen molar-refractivity contribution in [2.24, 2.45) is 7.05 Å². The van der Waals surface area contributed by atoms with E-state index in [4.69, 9.17) is 0 Å². The van der Waals surface area contributed by atoms with Crippen molar-refractivity contribution < 1.29 is 5.11 Å². The van der Waals surface area contributed by atoms with Crippen LogP contribution in [-0.2, 0) is 13.6 Å². The van der Waals surface area contributed by atoms with Gasteiger partial charge >= 0.3 is 0 Å². The Labute approximate surface area is 142 Å². The fraction of sp³-hybridized carbons (Fsp3) is 0.263. The molecule has 1 atom stereocenters. The molecule has 2 aromatic heterocycles. The van der Waals surface area contributed by atoms with Gasteiger partial charge < -0.3 is 10.4 Å². The highest BCUT2D eigenvalue weighted by Crippen LogP contribution is 2.21. The zero-order chi connectivity index (χ0) is 16.9. The van der Waals surface area contributed by atoms with Crippen molar-refractivity contribution in [3.63, 3.8) is 0 Å². The predicted molar refractivity (Wildman–Crippen MR) is 94.3 cm³/mol. The fourth-order valence-corrected chi connectivity index (χ4v) is 2.83. The van der Waals surface area contributed by atoms with Gasteiger partial charge in [-0.25, -0.2) is 0 Å². The SMILES string of the molecule is Cc1ccccc1C(O)CNCc1cn(C)nc1-c1ccncc1. The largest absolute Gasteiger partial charge is 0.387 e. The molecule has 5 nitrogen and oxygen atoms in total. The summed E-state index contributed by atoms with van der Waals surface area (Å²) in [6, 6.07) is 11.8. The van der Waals surface area contributed by atoms with Gasteiger partial charge in [0.15, 0.2) is 0 Å². The highest BCUT2D eigenvalue weighted by Gasteiger charge is 2.12. The summed E-state index contributed by atoms with van der Waals surface area (Å²) in [6.45, 7) is 3.16. The van der Waals surface area contributed by atoms with E-state index in [1.165, 1.54) is 0 Å². The van der Waals surface area contributed by atoms with Crippen molar-refractivity contribution >= 4 is 0 Å². The molecule has 24 heavy (non-hydrogen) atoms. The molecule has 1 aromatic carbocycles. The molecule has 5 heteroatoms. The normalized spacial score (nSPS) is 12.3. The minimum atomic E-state index is -0.521. The van der Waals surface area contributed by atoms with Gasteiger partial charge in [-0.3, -0.25) is 9.67 Å². The minimum Gasteiger partial charge on any atom is -0.387 e. The lowest BCUT2D eigenvalue weighted by Crippen LogP contribution is -2.21. The summed E-state index contributed by atoms with van der Waals surface area (Å²) in [6.07, 6.45) is 5.02. The first-order valence-electron chi connectivity index (χ1n) is 8.02. The first kappa shape index (κ1) is 16.4. The zero-order valence-corrected chi connectivity index (χ0v) is 14.0. The average molecular weight is 322 g/mol. The Kier molecular flexibility index (Phi) is 5.03. The number of aliphatic hydroxyl groups is 1. The van der Waals surface area contributed by atoms with E-state index in [-0.39, 0.29) is 0 Å². The number of nitrogens with zero attached hydrogens (tertiary/aromatic N) is 3. The third kappa shape index (κ3) is 3.69. The quantitative estimate of drug-likeness (QED) is 0.732. The third-order valence-electron chi connectivity index (χ3n) is 4.06. The molecule has 0 aliphatic rings. The summed E-state index contributed by atoms with van der Waals surface area (Å²) >= 11 is 0. The van der Waals surface area contributed by atoms with Gasteiger partial charge in [-0.2, -0.15) is 5.10 Å². The maximum absolute atomic E-state index is 10.4. The molecule has 3 aromatic rings. The molecule has 0 fully saturated rings. The topological polar surface area (TPSA) is 63.0 Å². The van der Waals surface area contributed by atoms with Crippen LogP contribution in [0.25, 0.3) is 11.3 Å². The van der Waals surface area contributed by atoms with E-state index in [1.807, 2.05) is 61.2 Å². The van der Waals surface area contributed by atoms with Gasteiger partial charge in [0.1, 0.15) is 0 Å². The Hall–Kier alpha value is -2.50. The van der Waals surface area contributed by atoms with E-state index in [0.29, 0.717) is 13.1 Å². The molecular formula is C19H22N4O. The Morgan fingerprint density at radius 3 is 2.67 bits per heavy atom. The molecule has 124 valence electrons. The van der Waals surface area contributed by atoms with Gasteiger partial charge in [0.25, 0.3) is 0 Å². The van der Waals surface area contributed by atoms with E-state index < -0.39 is 6.10 Å². The molecule has 0 aliphatic heterocycles. The third-order valence-corrected chi connectivity index (χ3v) is 4.06. The van der Waals surface area contributed by atoms with E-state index in [0.717, 1.165) is 27.9 Å².